The van der Waals surface area contributed by atoms with Gasteiger partial charge in [-0.05, 0) is 44.2 Å². The van der Waals surface area contributed by atoms with Crippen molar-refractivity contribution in [2.45, 2.75) is 23.5 Å². The highest BCUT2D eigenvalue weighted by atomic mass is 32.2. The molecule has 1 N–H and O–H groups in total. The molecule has 3 rings (SSSR count). The summed E-state index contributed by atoms with van der Waals surface area (Å²) in [5.41, 5.74) is 3.10. The van der Waals surface area contributed by atoms with E-state index in [1.165, 1.54) is 11.8 Å². The van der Waals surface area contributed by atoms with Gasteiger partial charge in [0.15, 0.2) is 0 Å². The van der Waals surface area contributed by atoms with Gasteiger partial charge in [0, 0.05) is 29.0 Å². The fourth-order valence-corrected chi connectivity index (χ4v) is 3.47. The van der Waals surface area contributed by atoms with Crippen LogP contribution in [0.25, 0.3) is 16.8 Å². The molecule has 0 fully saturated rings. The zero-order valence-electron chi connectivity index (χ0n) is 13.2. The molecule has 3 aromatic rings. The summed E-state index contributed by atoms with van der Waals surface area (Å²) in [5, 5.41) is 18.6. The summed E-state index contributed by atoms with van der Waals surface area (Å²) in [5.74, 6) is -0.874. The Kier molecular flexibility index (Phi) is 4.04. The molecule has 0 bridgehead atoms. The number of hydrogen-bond acceptors (Lipinski definition) is 4. The van der Waals surface area contributed by atoms with Crippen LogP contribution in [0.3, 0.4) is 0 Å². The molecule has 0 saturated heterocycles. The molecule has 0 spiro atoms. The van der Waals surface area contributed by atoms with E-state index in [-0.39, 0.29) is 0 Å². The van der Waals surface area contributed by atoms with Crippen molar-refractivity contribution in [3.05, 3.63) is 54.5 Å². The summed E-state index contributed by atoms with van der Waals surface area (Å²) in [4.78, 5) is 16.5. The molecule has 6 heteroatoms. The van der Waals surface area contributed by atoms with Gasteiger partial charge in [0.25, 0.3) is 0 Å². The van der Waals surface area contributed by atoms with Gasteiger partial charge in [-0.25, -0.2) is 0 Å². The number of carboxylic acids is 1. The molecule has 3 aromatic heterocycles. The van der Waals surface area contributed by atoms with Crippen molar-refractivity contribution in [3.63, 3.8) is 0 Å². The van der Waals surface area contributed by atoms with E-state index in [9.17, 15) is 15.2 Å². The van der Waals surface area contributed by atoms with Crippen molar-refractivity contribution >= 4 is 23.2 Å². The van der Waals surface area contributed by atoms with Crippen LogP contribution in [0.2, 0.25) is 0 Å². The molecule has 0 atom stereocenters. The molecule has 3 heterocycles. The minimum atomic E-state index is -0.960. The zero-order chi connectivity index (χ0) is 17.3. The lowest BCUT2D eigenvalue weighted by atomic mass is 10.1. The first-order valence-electron chi connectivity index (χ1n) is 7.31. The van der Waals surface area contributed by atoms with Crippen LogP contribution in [0, 0.1) is 11.3 Å². The van der Waals surface area contributed by atoms with E-state index in [4.69, 9.17) is 0 Å². The van der Waals surface area contributed by atoms with Crippen LogP contribution in [0.5, 0.6) is 0 Å². The van der Waals surface area contributed by atoms with Crippen molar-refractivity contribution in [2.24, 2.45) is 0 Å². The molecule has 24 heavy (non-hydrogen) atoms. The van der Waals surface area contributed by atoms with E-state index < -0.39 is 10.7 Å². The number of pyridine rings is 2. The SMILES string of the molecule is CC(C)(Sc1ccncc1-c1ccc(C#N)c2cccn12)C(=O)O. The largest absolute Gasteiger partial charge is 0.480 e. The van der Waals surface area contributed by atoms with Crippen LogP contribution in [-0.4, -0.2) is 25.2 Å². The Morgan fingerprint density at radius 3 is 2.83 bits per heavy atom. The maximum Gasteiger partial charge on any atom is 0.319 e. The fraction of sp³-hybridized carbons (Fsp3) is 0.167. The third-order valence-corrected chi connectivity index (χ3v) is 5.01. The third-order valence-electron chi connectivity index (χ3n) is 3.75. The second kappa shape index (κ2) is 6.02. The molecule has 5 nitrogen and oxygen atoms in total. The van der Waals surface area contributed by atoms with Gasteiger partial charge in [0.05, 0.1) is 16.8 Å². The van der Waals surface area contributed by atoms with E-state index >= 15 is 0 Å². The second-order valence-electron chi connectivity index (χ2n) is 5.80. The lowest BCUT2D eigenvalue weighted by Gasteiger charge is -2.20. The number of thioether (sulfide) groups is 1. The van der Waals surface area contributed by atoms with Gasteiger partial charge in [0.1, 0.15) is 10.8 Å². The summed E-state index contributed by atoms with van der Waals surface area (Å²) >= 11 is 1.28. The third kappa shape index (κ3) is 2.74. The summed E-state index contributed by atoms with van der Waals surface area (Å²) < 4.78 is 0.964. The van der Waals surface area contributed by atoms with Crippen molar-refractivity contribution < 1.29 is 9.90 Å². The van der Waals surface area contributed by atoms with Crippen LogP contribution in [0.1, 0.15) is 19.4 Å². The predicted octanol–water partition coefficient (Wildman–Crippen LogP) is 3.83. The number of rotatable bonds is 4. The van der Waals surface area contributed by atoms with Gasteiger partial charge >= 0.3 is 5.97 Å². The number of carbonyl (C=O) groups is 1. The average molecular weight is 337 g/mol. The molecule has 120 valence electrons. The first kappa shape index (κ1) is 16.1. The first-order chi connectivity index (χ1) is 11.4. The van der Waals surface area contributed by atoms with Crippen LogP contribution >= 0.6 is 11.8 Å². The van der Waals surface area contributed by atoms with Gasteiger partial charge in [-0.3, -0.25) is 9.78 Å². The molecule has 0 amide bonds. The summed E-state index contributed by atoms with van der Waals surface area (Å²) in [6.45, 7) is 3.35. The zero-order valence-corrected chi connectivity index (χ0v) is 14.0. The Morgan fingerprint density at radius 1 is 1.33 bits per heavy atom. The van der Waals surface area contributed by atoms with Crippen LogP contribution in [0.4, 0.5) is 0 Å². The maximum atomic E-state index is 11.5. The number of nitrogens with zero attached hydrogens (tertiary/aromatic N) is 3. The minimum Gasteiger partial charge on any atom is -0.480 e. The number of nitriles is 1. The summed E-state index contributed by atoms with van der Waals surface area (Å²) in [6.07, 6.45) is 5.26. The van der Waals surface area contributed by atoms with E-state index in [0.717, 1.165) is 21.7 Å². The standard InChI is InChI=1S/C18H15N3O2S/c1-18(2,17(22)23)24-16-7-8-20-11-13(16)15-6-5-12(10-19)14-4-3-9-21(14)15/h3-9,11H,1-2H3,(H,22,23). The Morgan fingerprint density at radius 2 is 2.12 bits per heavy atom. The van der Waals surface area contributed by atoms with Gasteiger partial charge in [-0.2, -0.15) is 5.26 Å². The smallest absolute Gasteiger partial charge is 0.319 e. The van der Waals surface area contributed by atoms with Crippen molar-refractivity contribution in [3.8, 4) is 17.3 Å². The van der Waals surface area contributed by atoms with Crippen LogP contribution in [0.15, 0.2) is 53.8 Å². The van der Waals surface area contributed by atoms with E-state index in [1.807, 2.05) is 34.9 Å². The van der Waals surface area contributed by atoms with Crippen LogP contribution in [-0.2, 0) is 4.79 Å². The Balaban J connectivity index is 2.17. The van der Waals surface area contributed by atoms with Crippen molar-refractivity contribution in [1.82, 2.24) is 9.38 Å². The lowest BCUT2D eigenvalue weighted by molar-refractivity contribution is -0.138. The quantitative estimate of drug-likeness (QED) is 0.732. The van der Waals surface area contributed by atoms with Gasteiger partial charge in [-0.1, -0.05) is 0 Å². The summed E-state index contributed by atoms with van der Waals surface area (Å²) in [7, 11) is 0. The van der Waals surface area contributed by atoms with E-state index in [0.29, 0.717) is 5.56 Å². The van der Waals surface area contributed by atoms with Gasteiger partial charge in [0.2, 0.25) is 0 Å². The Labute approximate surface area is 143 Å². The molecule has 0 aromatic carbocycles. The maximum absolute atomic E-state index is 11.5. The average Bonchev–Trinajstić information content (AvgIpc) is 3.04. The Hall–Kier alpha value is -2.78. The number of carboxylic acid groups (broad SMARTS) is 1. The number of aliphatic carboxylic acids is 1. The molecule has 0 aliphatic carbocycles. The normalized spacial score (nSPS) is 11.4. The van der Waals surface area contributed by atoms with Crippen molar-refractivity contribution in [1.29, 1.82) is 5.26 Å². The predicted molar refractivity (Wildman–Crippen MR) is 92.9 cm³/mol. The minimum absolute atomic E-state index is 0.590. The molecular weight excluding hydrogens is 322 g/mol. The molecule has 0 radical (unpaired) electrons. The van der Waals surface area contributed by atoms with E-state index in [2.05, 4.69) is 11.1 Å². The van der Waals surface area contributed by atoms with Crippen LogP contribution < -0.4 is 0 Å². The number of fused-ring (bicyclic) bond motifs is 1. The highest BCUT2D eigenvalue weighted by molar-refractivity contribution is 8.01. The Bertz CT molecular complexity index is 970. The topological polar surface area (TPSA) is 78.4 Å². The van der Waals surface area contributed by atoms with Gasteiger partial charge < -0.3 is 9.51 Å². The second-order valence-corrected chi connectivity index (χ2v) is 7.46. The molecule has 0 saturated carbocycles. The number of hydrogen-bond donors (Lipinski definition) is 1. The first-order valence-corrected chi connectivity index (χ1v) is 8.12. The fourth-order valence-electron chi connectivity index (χ4n) is 2.43. The number of aromatic nitrogens is 2. The monoisotopic (exact) mass is 337 g/mol. The molecule has 0 unspecified atom stereocenters. The lowest BCUT2D eigenvalue weighted by Crippen LogP contribution is -2.27. The molecule has 0 aliphatic heterocycles. The summed E-state index contributed by atoms with van der Waals surface area (Å²) in [6, 6.07) is 11.4. The van der Waals surface area contributed by atoms with Gasteiger partial charge in [-0.15, -0.1) is 11.8 Å². The molecule has 0 aliphatic rings. The van der Waals surface area contributed by atoms with Crippen molar-refractivity contribution in [2.75, 3.05) is 0 Å². The highest BCUT2D eigenvalue weighted by Crippen LogP contribution is 2.38. The van der Waals surface area contributed by atoms with E-state index in [1.54, 1.807) is 32.3 Å². The highest BCUT2D eigenvalue weighted by Gasteiger charge is 2.29. The molecular formula is C18H15N3O2S.